The average molecular weight is 283 g/mol. The Hall–Kier alpha value is -1.14. The second-order valence-corrected chi connectivity index (χ2v) is 5.84. The molecule has 0 aromatic heterocycles. The summed E-state index contributed by atoms with van der Waals surface area (Å²) in [5.41, 5.74) is 5.35. The SMILES string of the molecule is C[C@@H]1CC[C@H](C(N)=O)CN1C(=O)CNC[C@@H]1CCCO1. The number of likely N-dealkylation sites (tertiary alicyclic amines) is 1. The van der Waals surface area contributed by atoms with Gasteiger partial charge in [-0.15, -0.1) is 0 Å². The van der Waals surface area contributed by atoms with E-state index in [1.54, 1.807) is 4.90 Å². The minimum absolute atomic E-state index is 0.0430. The maximum Gasteiger partial charge on any atom is 0.236 e. The maximum atomic E-state index is 12.2. The molecular weight excluding hydrogens is 258 g/mol. The number of amides is 2. The lowest BCUT2D eigenvalue weighted by atomic mass is 9.93. The van der Waals surface area contributed by atoms with Crippen LogP contribution in [0.15, 0.2) is 0 Å². The van der Waals surface area contributed by atoms with Gasteiger partial charge in [-0.05, 0) is 32.6 Å². The molecule has 2 heterocycles. The van der Waals surface area contributed by atoms with E-state index in [0.29, 0.717) is 19.6 Å². The average Bonchev–Trinajstić information content (AvgIpc) is 2.92. The first-order valence-corrected chi connectivity index (χ1v) is 7.49. The maximum absolute atomic E-state index is 12.2. The van der Waals surface area contributed by atoms with Gasteiger partial charge in [0.05, 0.1) is 18.6 Å². The van der Waals surface area contributed by atoms with Crippen LogP contribution in [0.3, 0.4) is 0 Å². The third kappa shape index (κ3) is 3.93. The summed E-state index contributed by atoms with van der Waals surface area (Å²) in [6, 6.07) is 0.183. The number of nitrogens with two attached hydrogens (primary N) is 1. The van der Waals surface area contributed by atoms with Crippen molar-refractivity contribution in [3.63, 3.8) is 0 Å². The first-order chi connectivity index (χ1) is 9.58. The summed E-state index contributed by atoms with van der Waals surface area (Å²) in [5, 5.41) is 3.16. The van der Waals surface area contributed by atoms with Gasteiger partial charge in [0.15, 0.2) is 0 Å². The van der Waals surface area contributed by atoms with E-state index < -0.39 is 0 Å². The van der Waals surface area contributed by atoms with Gasteiger partial charge in [-0.3, -0.25) is 9.59 Å². The molecule has 0 aromatic carbocycles. The molecule has 2 fully saturated rings. The minimum Gasteiger partial charge on any atom is -0.377 e. The molecular formula is C14H25N3O3. The highest BCUT2D eigenvalue weighted by atomic mass is 16.5. The van der Waals surface area contributed by atoms with Crippen molar-refractivity contribution in [1.82, 2.24) is 10.2 Å². The molecule has 3 atom stereocenters. The van der Waals surface area contributed by atoms with Gasteiger partial charge in [-0.25, -0.2) is 0 Å². The number of carbonyl (C=O) groups is 2. The van der Waals surface area contributed by atoms with Crippen LogP contribution >= 0.6 is 0 Å². The van der Waals surface area contributed by atoms with Crippen LogP contribution in [0.1, 0.15) is 32.6 Å². The number of rotatable bonds is 5. The molecule has 0 saturated carbocycles. The van der Waals surface area contributed by atoms with Gasteiger partial charge in [0.1, 0.15) is 0 Å². The summed E-state index contributed by atoms with van der Waals surface area (Å²) in [6.45, 7) is 4.32. The normalized spacial score (nSPS) is 30.4. The highest BCUT2D eigenvalue weighted by molar-refractivity contribution is 5.81. The van der Waals surface area contributed by atoms with Crippen molar-refractivity contribution in [3.05, 3.63) is 0 Å². The van der Waals surface area contributed by atoms with Crippen LogP contribution in [0, 0.1) is 5.92 Å². The van der Waals surface area contributed by atoms with E-state index in [2.05, 4.69) is 5.32 Å². The summed E-state index contributed by atoms with van der Waals surface area (Å²) < 4.78 is 5.50. The van der Waals surface area contributed by atoms with E-state index in [4.69, 9.17) is 10.5 Å². The smallest absolute Gasteiger partial charge is 0.236 e. The van der Waals surface area contributed by atoms with Gasteiger partial charge in [-0.2, -0.15) is 0 Å². The predicted molar refractivity (Wildman–Crippen MR) is 74.9 cm³/mol. The largest absolute Gasteiger partial charge is 0.377 e. The van der Waals surface area contributed by atoms with Crippen LogP contribution in [0.5, 0.6) is 0 Å². The molecule has 0 bridgehead atoms. The first kappa shape index (κ1) is 15.3. The molecule has 20 heavy (non-hydrogen) atoms. The quantitative estimate of drug-likeness (QED) is 0.736. The van der Waals surface area contributed by atoms with Crippen molar-refractivity contribution in [2.24, 2.45) is 11.7 Å². The van der Waals surface area contributed by atoms with Gasteiger partial charge < -0.3 is 20.7 Å². The van der Waals surface area contributed by atoms with Gasteiger partial charge in [0, 0.05) is 25.7 Å². The van der Waals surface area contributed by atoms with Crippen molar-refractivity contribution >= 4 is 11.8 Å². The van der Waals surface area contributed by atoms with Crippen LogP contribution in [-0.2, 0) is 14.3 Å². The summed E-state index contributed by atoms with van der Waals surface area (Å²) in [4.78, 5) is 25.3. The zero-order valence-corrected chi connectivity index (χ0v) is 12.1. The zero-order valence-electron chi connectivity index (χ0n) is 12.1. The van der Waals surface area contributed by atoms with E-state index in [9.17, 15) is 9.59 Å². The molecule has 114 valence electrons. The summed E-state index contributed by atoms with van der Waals surface area (Å²) in [6.07, 6.45) is 4.02. The number of carbonyl (C=O) groups excluding carboxylic acids is 2. The van der Waals surface area contributed by atoms with Crippen LogP contribution < -0.4 is 11.1 Å². The highest BCUT2D eigenvalue weighted by Crippen LogP contribution is 2.21. The Morgan fingerprint density at radius 2 is 2.15 bits per heavy atom. The lowest BCUT2D eigenvalue weighted by molar-refractivity contribution is -0.136. The lowest BCUT2D eigenvalue weighted by Gasteiger charge is -2.37. The fourth-order valence-electron chi connectivity index (χ4n) is 2.93. The molecule has 2 rings (SSSR count). The number of primary amides is 1. The number of ether oxygens (including phenoxy) is 1. The number of nitrogens with one attached hydrogen (secondary N) is 1. The molecule has 0 spiro atoms. The molecule has 2 aliphatic rings. The Bertz CT molecular complexity index is 356. The number of piperidine rings is 1. The Kier molecular flexibility index (Phi) is 5.37. The standard InChI is InChI=1S/C14H25N3O3/c1-10-4-5-11(14(15)19)9-17(10)13(18)8-16-7-12-3-2-6-20-12/h10-12,16H,2-9H2,1H3,(H2,15,19)/t10-,11+,12+/m1/s1. The highest BCUT2D eigenvalue weighted by Gasteiger charge is 2.31. The molecule has 2 amide bonds. The molecule has 0 unspecified atom stereocenters. The minimum atomic E-state index is -0.304. The van der Waals surface area contributed by atoms with Crippen LogP contribution in [0.25, 0.3) is 0 Å². The molecule has 0 radical (unpaired) electrons. The van der Waals surface area contributed by atoms with E-state index in [1.807, 2.05) is 6.92 Å². The summed E-state index contributed by atoms with van der Waals surface area (Å²) >= 11 is 0. The second-order valence-electron chi connectivity index (χ2n) is 5.84. The predicted octanol–water partition coefficient (Wildman–Crippen LogP) is -0.133. The van der Waals surface area contributed by atoms with Crippen LogP contribution in [0.4, 0.5) is 0 Å². The molecule has 3 N–H and O–H groups in total. The molecule has 2 saturated heterocycles. The Balaban J connectivity index is 1.76. The molecule has 6 heteroatoms. The number of hydrogen-bond donors (Lipinski definition) is 2. The van der Waals surface area contributed by atoms with E-state index in [0.717, 1.165) is 32.3 Å². The fourth-order valence-corrected chi connectivity index (χ4v) is 2.93. The van der Waals surface area contributed by atoms with Crippen molar-refractivity contribution in [1.29, 1.82) is 0 Å². The van der Waals surface area contributed by atoms with Crippen molar-refractivity contribution in [3.8, 4) is 0 Å². The first-order valence-electron chi connectivity index (χ1n) is 7.49. The van der Waals surface area contributed by atoms with Crippen LogP contribution in [-0.4, -0.2) is 55.1 Å². The van der Waals surface area contributed by atoms with Crippen LogP contribution in [0.2, 0.25) is 0 Å². The molecule has 0 aliphatic carbocycles. The van der Waals surface area contributed by atoms with Crippen molar-refractivity contribution in [2.75, 3.05) is 26.2 Å². The number of nitrogens with zero attached hydrogens (tertiary/aromatic N) is 1. The molecule has 0 aromatic rings. The molecule has 6 nitrogen and oxygen atoms in total. The zero-order chi connectivity index (χ0) is 14.5. The van der Waals surface area contributed by atoms with E-state index in [1.165, 1.54) is 0 Å². The van der Waals surface area contributed by atoms with Gasteiger partial charge >= 0.3 is 0 Å². The fraction of sp³-hybridized carbons (Fsp3) is 0.857. The molecule has 2 aliphatic heterocycles. The van der Waals surface area contributed by atoms with Gasteiger partial charge in [0.25, 0.3) is 0 Å². The topological polar surface area (TPSA) is 84.7 Å². The Labute approximate surface area is 120 Å². The third-order valence-corrected chi connectivity index (χ3v) is 4.28. The third-order valence-electron chi connectivity index (χ3n) is 4.28. The van der Waals surface area contributed by atoms with Gasteiger partial charge in [-0.1, -0.05) is 0 Å². The number of hydrogen-bond acceptors (Lipinski definition) is 4. The monoisotopic (exact) mass is 283 g/mol. The van der Waals surface area contributed by atoms with Gasteiger partial charge in [0.2, 0.25) is 11.8 Å². The second kappa shape index (κ2) is 7.04. The van der Waals surface area contributed by atoms with E-state index in [-0.39, 0.29) is 29.9 Å². The van der Waals surface area contributed by atoms with Crippen molar-refractivity contribution in [2.45, 2.75) is 44.8 Å². The lowest BCUT2D eigenvalue weighted by Crippen LogP contribution is -2.51. The van der Waals surface area contributed by atoms with E-state index >= 15 is 0 Å². The summed E-state index contributed by atoms with van der Waals surface area (Å²) in [7, 11) is 0. The summed E-state index contributed by atoms with van der Waals surface area (Å²) in [5.74, 6) is -0.461. The van der Waals surface area contributed by atoms with Crippen molar-refractivity contribution < 1.29 is 14.3 Å². The Morgan fingerprint density at radius 3 is 2.80 bits per heavy atom. The Morgan fingerprint density at radius 1 is 1.35 bits per heavy atom.